The van der Waals surface area contributed by atoms with Gasteiger partial charge >= 0.3 is 0 Å². The topological polar surface area (TPSA) is 40.6 Å². The number of piperidine rings is 1. The van der Waals surface area contributed by atoms with Gasteiger partial charge in [-0.05, 0) is 61.3 Å². The summed E-state index contributed by atoms with van der Waals surface area (Å²) >= 11 is 6.80. The van der Waals surface area contributed by atoms with Crippen molar-refractivity contribution < 1.29 is 9.59 Å². The quantitative estimate of drug-likeness (QED) is 0.322. The molecule has 4 nitrogen and oxygen atoms in total. The van der Waals surface area contributed by atoms with Crippen LogP contribution in [0.15, 0.2) is 77.2 Å². The number of rotatable bonds is 8. The molecule has 6 heteroatoms. The highest BCUT2D eigenvalue weighted by atomic mass is 32.2. The lowest BCUT2D eigenvalue weighted by Gasteiger charge is -2.32. The van der Waals surface area contributed by atoms with Crippen molar-refractivity contribution in [1.82, 2.24) is 9.80 Å². The van der Waals surface area contributed by atoms with Crippen molar-refractivity contribution >= 4 is 46.2 Å². The molecule has 0 saturated carbocycles. The van der Waals surface area contributed by atoms with E-state index < -0.39 is 0 Å². The molecule has 0 unspecified atom stereocenters. The lowest BCUT2D eigenvalue weighted by molar-refractivity contribution is -0.133. The van der Waals surface area contributed by atoms with Gasteiger partial charge in [-0.3, -0.25) is 14.5 Å². The number of hydrogen-bond donors (Lipinski definition) is 0. The van der Waals surface area contributed by atoms with E-state index >= 15 is 0 Å². The summed E-state index contributed by atoms with van der Waals surface area (Å²) in [5.74, 6) is 0.767. The number of thiocarbonyl (C=S) groups is 1. The minimum absolute atomic E-state index is 0.0602. The highest BCUT2D eigenvalue weighted by Gasteiger charge is 2.32. The SMILES string of the molecule is CC(/C=C1\SC(=S)N(CCCC(=O)N2CCC(Cc3ccccc3)CC2)C1=O)=C\c1ccccc1. The van der Waals surface area contributed by atoms with Crippen molar-refractivity contribution in [3.63, 3.8) is 0 Å². The maximum Gasteiger partial charge on any atom is 0.266 e. The summed E-state index contributed by atoms with van der Waals surface area (Å²) in [7, 11) is 0. The Morgan fingerprint density at radius 2 is 1.71 bits per heavy atom. The first kappa shape index (κ1) is 25.4. The summed E-state index contributed by atoms with van der Waals surface area (Å²) in [6, 6.07) is 20.6. The monoisotopic (exact) mass is 504 g/mol. The molecule has 4 rings (SSSR count). The summed E-state index contributed by atoms with van der Waals surface area (Å²) in [6.07, 6.45) is 8.22. The Morgan fingerprint density at radius 1 is 1.06 bits per heavy atom. The molecule has 2 aromatic carbocycles. The van der Waals surface area contributed by atoms with Gasteiger partial charge in [0.2, 0.25) is 5.91 Å². The van der Waals surface area contributed by atoms with E-state index in [-0.39, 0.29) is 11.8 Å². The highest BCUT2D eigenvalue weighted by Crippen LogP contribution is 2.32. The summed E-state index contributed by atoms with van der Waals surface area (Å²) in [6.45, 7) is 4.13. The number of likely N-dealkylation sites (tertiary alicyclic amines) is 1. The van der Waals surface area contributed by atoms with E-state index in [2.05, 4.69) is 24.3 Å². The average Bonchev–Trinajstić information content (AvgIpc) is 3.13. The first-order valence-corrected chi connectivity index (χ1v) is 13.5. The van der Waals surface area contributed by atoms with Gasteiger partial charge in [-0.2, -0.15) is 0 Å². The first-order chi connectivity index (χ1) is 17.0. The predicted octanol–water partition coefficient (Wildman–Crippen LogP) is 6.10. The highest BCUT2D eigenvalue weighted by molar-refractivity contribution is 8.26. The fourth-order valence-electron chi connectivity index (χ4n) is 4.63. The van der Waals surface area contributed by atoms with E-state index in [1.165, 1.54) is 17.3 Å². The lowest BCUT2D eigenvalue weighted by atomic mass is 9.90. The zero-order valence-electron chi connectivity index (χ0n) is 20.2. The van der Waals surface area contributed by atoms with E-state index in [1.54, 1.807) is 4.90 Å². The molecule has 2 aromatic rings. The van der Waals surface area contributed by atoms with Crippen molar-refractivity contribution in [1.29, 1.82) is 0 Å². The molecule has 0 radical (unpaired) electrons. The average molecular weight is 505 g/mol. The molecule has 182 valence electrons. The van der Waals surface area contributed by atoms with Gasteiger partial charge in [-0.1, -0.05) is 90.7 Å². The molecule has 35 heavy (non-hydrogen) atoms. The maximum absolute atomic E-state index is 12.9. The molecular weight excluding hydrogens is 472 g/mol. The minimum Gasteiger partial charge on any atom is -0.343 e. The molecular formula is C29H32N2O2S2. The van der Waals surface area contributed by atoms with Crippen LogP contribution in [-0.4, -0.2) is 45.6 Å². The van der Waals surface area contributed by atoms with Crippen molar-refractivity contribution in [3.8, 4) is 0 Å². The van der Waals surface area contributed by atoms with Crippen LogP contribution >= 0.6 is 24.0 Å². The Bertz CT molecular complexity index is 1100. The maximum atomic E-state index is 12.9. The molecule has 2 aliphatic rings. The van der Waals surface area contributed by atoms with Crippen LogP contribution in [0.3, 0.4) is 0 Å². The third-order valence-corrected chi connectivity index (χ3v) is 7.91. The second-order valence-corrected chi connectivity index (χ2v) is 10.9. The number of allylic oxidation sites excluding steroid dienone is 2. The summed E-state index contributed by atoms with van der Waals surface area (Å²) in [4.78, 5) is 29.9. The number of nitrogens with zero attached hydrogens (tertiary/aromatic N) is 2. The van der Waals surface area contributed by atoms with Crippen molar-refractivity contribution in [2.75, 3.05) is 19.6 Å². The normalized spacial score (nSPS) is 18.5. The molecule has 2 aliphatic heterocycles. The van der Waals surface area contributed by atoms with E-state index in [0.29, 0.717) is 34.5 Å². The van der Waals surface area contributed by atoms with Crippen LogP contribution in [0.4, 0.5) is 0 Å². The van der Waals surface area contributed by atoms with Gasteiger partial charge in [0.1, 0.15) is 4.32 Å². The smallest absolute Gasteiger partial charge is 0.266 e. The first-order valence-electron chi connectivity index (χ1n) is 12.3. The number of benzene rings is 2. The molecule has 2 heterocycles. The van der Waals surface area contributed by atoms with Crippen molar-refractivity contribution in [3.05, 3.63) is 88.3 Å². The number of thioether (sulfide) groups is 1. The molecule has 0 aromatic heterocycles. The number of carbonyl (C=O) groups is 2. The van der Waals surface area contributed by atoms with E-state index in [0.717, 1.165) is 43.5 Å². The molecule has 0 atom stereocenters. The minimum atomic E-state index is -0.0602. The predicted molar refractivity (Wildman–Crippen MR) is 149 cm³/mol. The van der Waals surface area contributed by atoms with Crippen LogP contribution in [-0.2, 0) is 16.0 Å². The molecule has 2 amide bonds. The zero-order valence-corrected chi connectivity index (χ0v) is 21.8. The van der Waals surface area contributed by atoms with Gasteiger partial charge in [0.05, 0.1) is 4.91 Å². The lowest BCUT2D eigenvalue weighted by Crippen LogP contribution is -2.39. The second kappa shape index (κ2) is 12.3. The van der Waals surface area contributed by atoms with E-state index in [4.69, 9.17) is 12.2 Å². The van der Waals surface area contributed by atoms with E-state index in [1.807, 2.05) is 60.4 Å². The molecule has 2 fully saturated rings. The van der Waals surface area contributed by atoms with Crippen LogP contribution in [0.1, 0.15) is 43.7 Å². The Balaban J connectivity index is 1.22. The number of amides is 2. The fraction of sp³-hybridized carbons (Fsp3) is 0.345. The molecule has 0 aliphatic carbocycles. The van der Waals surface area contributed by atoms with Crippen LogP contribution in [0, 0.1) is 5.92 Å². The fourth-order valence-corrected chi connectivity index (χ4v) is 5.99. The molecule has 0 bridgehead atoms. The van der Waals surface area contributed by atoms with Crippen LogP contribution in [0.25, 0.3) is 6.08 Å². The third kappa shape index (κ3) is 7.15. The molecule has 0 N–H and O–H groups in total. The van der Waals surface area contributed by atoms with Gasteiger partial charge in [-0.15, -0.1) is 0 Å². The van der Waals surface area contributed by atoms with Crippen LogP contribution in [0.2, 0.25) is 0 Å². The summed E-state index contributed by atoms with van der Waals surface area (Å²) < 4.78 is 0.572. The van der Waals surface area contributed by atoms with Gasteiger partial charge < -0.3 is 4.90 Å². The molecule has 2 saturated heterocycles. The van der Waals surface area contributed by atoms with Gasteiger partial charge in [0, 0.05) is 26.1 Å². The summed E-state index contributed by atoms with van der Waals surface area (Å²) in [5, 5.41) is 0. The van der Waals surface area contributed by atoms with Crippen molar-refractivity contribution in [2.45, 2.75) is 39.0 Å². The van der Waals surface area contributed by atoms with Gasteiger partial charge in [0.15, 0.2) is 0 Å². The van der Waals surface area contributed by atoms with E-state index in [9.17, 15) is 9.59 Å². The second-order valence-electron chi connectivity index (χ2n) is 9.25. The Kier molecular flexibility index (Phi) is 8.94. The Morgan fingerprint density at radius 3 is 2.40 bits per heavy atom. The molecule has 0 spiro atoms. The van der Waals surface area contributed by atoms with Crippen LogP contribution < -0.4 is 0 Å². The number of carbonyl (C=O) groups excluding carboxylic acids is 2. The summed E-state index contributed by atoms with van der Waals surface area (Å²) in [5.41, 5.74) is 3.47. The van der Waals surface area contributed by atoms with Crippen molar-refractivity contribution in [2.24, 2.45) is 5.92 Å². The Labute approximate surface area is 218 Å². The largest absolute Gasteiger partial charge is 0.343 e. The van der Waals surface area contributed by atoms with Gasteiger partial charge in [0.25, 0.3) is 5.91 Å². The Hall–Kier alpha value is -2.70. The van der Waals surface area contributed by atoms with Gasteiger partial charge in [-0.25, -0.2) is 0 Å². The standard InChI is InChI=1S/C29H32N2O2S2/c1-22(19-23-9-4-2-5-10-23)20-26-28(33)31(29(34)35-26)16-8-13-27(32)30-17-14-25(15-18-30)21-24-11-6-3-7-12-24/h2-7,9-12,19-20,25H,8,13-18,21H2,1H3/b22-19+,26-20-. The zero-order chi connectivity index (χ0) is 24.6. The van der Waals surface area contributed by atoms with Crippen LogP contribution in [0.5, 0.6) is 0 Å². The third-order valence-electron chi connectivity index (χ3n) is 6.53. The number of hydrogen-bond acceptors (Lipinski definition) is 4.